The van der Waals surface area contributed by atoms with Crippen LogP contribution in [-0.4, -0.2) is 45.8 Å². The summed E-state index contributed by atoms with van der Waals surface area (Å²) in [6, 6.07) is 7.07. The molecule has 23 heavy (non-hydrogen) atoms. The van der Waals surface area contributed by atoms with E-state index in [1.165, 1.54) is 6.20 Å². The largest absolute Gasteiger partial charge is 0.497 e. The standard InChI is InChI=1S/C17H21N3O3/c1-17(22,13-5-7-14(23-2)8-6-13)15-4-3-9-20(15)16(21)12-10-18-19-11-12/h5-8,10-11,15,22H,3-4,9H2,1-2H3,(H,18,19)/t15-,17-/m0/s1. The first-order valence-corrected chi connectivity index (χ1v) is 7.70. The molecular formula is C17H21N3O3. The molecule has 1 aromatic heterocycles. The van der Waals surface area contributed by atoms with Gasteiger partial charge in [0.1, 0.15) is 11.4 Å². The predicted octanol–water partition coefficient (Wildman–Crippen LogP) is 1.93. The van der Waals surface area contributed by atoms with E-state index in [2.05, 4.69) is 10.2 Å². The molecule has 2 N–H and O–H groups in total. The summed E-state index contributed by atoms with van der Waals surface area (Å²) in [5.41, 5.74) is 0.167. The maximum Gasteiger partial charge on any atom is 0.257 e. The molecular weight excluding hydrogens is 294 g/mol. The van der Waals surface area contributed by atoms with Gasteiger partial charge in [0, 0.05) is 12.7 Å². The third kappa shape index (κ3) is 2.82. The Kier molecular flexibility index (Phi) is 4.09. The van der Waals surface area contributed by atoms with Crippen molar-refractivity contribution in [1.29, 1.82) is 0 Å². The van der Waals surface area contributed by atoms with Crippen LogP contribution in [0.25, 0.3) is 0 Å². The number of carbonyl (C=O) groups is 1. The van der Waals surface area contributed by atoms with E-state index in [0.29, 0.717) is 12.1 Å². The van der Waals surface area contributed by atoms with Crippen molar-refractivity contribution in [3.63, 3.8) is 0 Å². The number of nitrogens with zero attached hydrogens (tertiary/aromatic N) is 2. The Bertz CT molecular complexity index is 665. The first-order valence-electron chi connectivity index (χ1n) is 7.70. The van der Waals surface area contributed by atoms with Gasteiger partial charge in [0.25, 0.3) is 5.91 Å². The topological polar surface area (TPSA) is 78.5 Å². The molecule has 2 heterocycles. The minimum Gasteiger partial charge on any atom is -0.497 e. The van der Waals surface area contributed by atoms with Gasteiger partial charge >= 0.3 is 0 Å². The highest BCUT2D eigenvalue weighted by Crippen LogP contribution is 2.36. The number of aliphatic hydroxyl groups is 1. The van der Waals surface area contributed by atoms with Gasteiger partial charge in [-0.3, -0.25) is 9.89 Å². The van der Waals surface area contributed by atoms with Gasteiger partial charge in [0.05, 0.1) is 24.9 Å². The van der Waals surface area contributed by atoms with Crippen LogP contribution in [0.3, 0.4) is 0 Å². The summed E-state index contributed by atoms with van der Waals surface area (Å²) in [6.45, 7) is 2.40. The van der Waals surface area contributed by atoms with E-state index in [0.717, 1.165) is 24.2 Å². The molecule has 1 saturated heterocycles. The summed E-state index contributed by atoms with van der Waals surface area (Å²) in [5, 5.41) is 17.6. The number of benzene rings is 1. The molecule has 1 aromatic carbocycles. The summed E-state index contributed by atoms with van der Waals surface area (Å²) < 4.78 is 5.16. The van der Waals surface area contributed by atoms with E-state index >= 15 is 0 Å². The Morgan fingerprint density at radius 3 is 2.78 bits per heavy atom. The lowest BCUT2D eigenvalue weighted by molar-refractivity contribution is -0.0177. The summed E-state index contributed by atoms with van der Waals surface area (Å²) in [5.74, 6) is 0.636. The van der Waals surface area contributed by atoms with Gasteiger partial charge < -0.3 is 14.7 Å². The van der Waals surface area contributed by atoms with E-state index < -0.39 is 5.60 Å². The number of hydrogen-bond acceptors (Lipinski definition) is 4. The van der Waals surface area contributed by atoms with E-state index in [1.807, 2.05) is 24.3 Å². The van der Waals surface area contributed by atoms with E-state index in [-0.39, 0.29) is 11.9 Å². The summed E-state index contributed by atoms with van der Waals surface area (Å²) in [4.78, 5) is 14.4. The molecule has 3 rings (SSSR count). The number of H-pyrrole nitrogens is 1. The molecule has 0 saturated carbocycles. The number of aromatic nitrogens is 2. The zero-order chi connectivity index (χ0) is 16.4. The molecule has 0 bridgehead atoms. The minimum absolute atomic E-state index is 0.102. The molecule has 0 unspecified atom stereocenters. The quantitative estimate of drug-likeness (QED) is 0.903. The lowest BCUT2D eigenvalue weighted by Crippen LogP contribution is -2.48. The van der Waals surface area contributed by atoms with Gasteiger partial charge in [-0.1, -0.05) is 12.1 Å². The maximum absolute atomic E-state index is 12.6. The lowest BCUT2D eigenvalue weighted by Gasteiger charge is -2.36. The van der Waals surface area contributed by atoms with Gasteiger partial charge in [0.15, 0.2) is 0 Å². The molecule has 1 aliphatic heterocycles. The van der Waals surface area contributed by atoms with E-state index in [9.17, 15) is 9.90 Å². The number of carbonyl (C=O) groups excluding carboxylic acids is 1. The van der Waals surface area contributed by atoms with Crippen molar-refractivity contribution < 1.29 is 14.6 Å². The van der Waals surface area contributed by atoms with Crippen molar-refractivity contribution in [2.75, 3.05) is 13.7 Å². The summed E-state index contributed by atoms with van der Waals surface area (Å²) >= 11 is 0. The Hall–Kier alpha value is -2.34. The fourth-order valence-corrected chi connectivity index (χ4v) is 3.25. The zero-order valence-corrected chi connectivity index (χ0v) is 13.3. The molecule has 0 radical (unpaired) electrons. The molecule has 6 nitrogen and oxygen atoms in total. The second kappa shape index (κ2) is 6.04. The molecule has 6 heteroatoms. The van der Waals surface area contributed by atoms with Crippen molar-refractivity contribution in [2.24, 2.45) is 0 Å². The summed E-state index contributed by atoms with van der Waals surface area (Å²) in [6.07, 6.45) is 4.74. The van der Waals surface area contributed by atoms with Crippen LogP contribution in [0.4, 0.5) is 0 Å². The number of amides is 1. The van der Waals surface area contributed by atoms with Crippen molar-refractivity contribution in [3.8, 4) is 5.75 Å². The van der Waals surface area contributed by atoms with Crippen molar-refractivity contribution in [2.45, 2.75) is 31.4 Å². The lowest BCUT2D eigenvalue weighted by atomic mass is 9.86. The maximum atomic E-state index is 12.6. The molecule has 122 valence electrons. The molecule has 2 aromatic rings. The normalized spacial score (nSPS) is 20.3. The Morgan fingerprint density at radius 1 is 1.43 bits per heavy atom. The Morgan fingerprint density at radius 2 is 2.17 bits per heavy atom. The average molecular weight is 315 g/mol. The van der Waals surface area contributed by atoms with Crippen molar-refractivity contribution in [1.82, 2.24) is 15.1 Å². The first kappa shape index (κ1) is 15.6. The van der Waals surface area contributed by atoms with Crippen LogP contribution < -0.4 is 4.74 Å². The fourth-order valence-electron chi connectivity index (χ4n) is 3.25. The van der Waals surface area contributed by atoms with Gasteiger partial charge in [-0.15, -0.1) is 0 Å². The molecule has 1 amide bonds. The SMILES string of the molecule is COc1ccc([C@](C)(O)[C@@H]2CCCN2C(=O)c2cn[nH]c2)cc1. The zero-order valence-electron chi connectivity index (χ0n) is 13.3. The third-order valence-corrected chi connectivity index (χ3v) is 4.58. The van der Waals surface area contributed by atoms with Gasteiger partial charge in [0.2, 0.25) is 0 Å². The Labute approximate surface area is 135 Å². The van der Waals surface area contributed by atoms with Crippen LogP contribution >= 0.6 is 0 Å². The highest BCUT2D eigenvalue weighted by atomic mass is 16.5. The smallest absolute Gasteiger partial charge is 0.257 e. The van der Waals surface area contributed by atoms with E-state index in [4.69, 9.17) is 4.74 Å². The monoisotopic (exact) mass is 315 g/mol. The number of rotatable bonds is 4. The minimum atomic E-state index is -1.12. The van der Waals surface area contributed by atoms with Gasteiger partial charge in [-0.25, -0.2) is 0 Å². The molecule has 1 fully saturated rings. The van der Waals surface area contributed by atoms with Crippen LogP contribution in [0.15, 0.2) is 36.7 Å². The summed E-state index contributed by atoms with van der Waals surface area (Å²) in [7, 11) is 1.61. The average Bonchev–Trinajstić information content (AvgIpc) is 3.25. The number of nitrogens with one attached hydrogen (secondary N) is 1. The van der Waals surface area contributed by atoms with Crippen LogP contribution in [0, 0.1) is 0 Å². The van der Waals surface area contributed by atoms with Crippen LogP contribution in [0.5, 0.6) is 5.75 Å². The van der Waals surface area contributed by atoms with Crippen LogP contribution in [-0.2, 0) is 5.60 Å². The highest BCUT2D eigenvalue weighted by Gasteiger charge is 2.42. The van der Waals surface area contributed by atoms with Crippen LogP contribution in [0.1, 0.15) is 35.7 Å². The number of aromatic amines is 1. The predicted molar refractivity (Wildman–Crippen MR) is 85.2 cm³/mol. The number of likely N-dealkylation sites (tertiary alicyclic amines) is 1. The number of ether oxygens (including phenoxy) is 1. The van der Waals surface area contributed by atoms with E-state index in [1.54, 1.807) is 25.1 Å². The molecule has 0 aliphatic carbocycles. The van der Waals surface area contributed by atoms with Crippen LogP contribution in [0.2, 0.25) is 0 Å². The number of hydrogen-bond donors (Lipinski definition) is 2. The first-order chi connectivity index (χ1) is 11.0. The second-order valence-electron chi connectivity index (χ2n) is 6.02. The highest BCUT2D eigenvalue weighted by molar-refractivity contribution is 5.94. The second-order valence-corrected chi connectivity index (χ2v) is 6.02. The number of methoxy groups -OCH3 is 1. The third-order valence-electron chi connectivity index (χ3n) is 4.58. The van der Waals surface area contributed by atoms with Crippen molar-refractivity contribution >= 4 is 5.91 Å². The van der Waals surface area contributed by atoms with Crippen molar-refractivity contribution in [3.05, 3.63) is 47.8 Å². The Balaban J connectivity index is 1.86. The van der Waals surface area contributed by atoms with Gasteiger partial charge in [-0.2, -0.15) is 5.10 Å². The van der Waals surface area contributed by atoms with Gasteiger partial charge in [-0.05, 0) is 37.5 Å². The molecule has 2 atom stereocenters. The fraction of sp³-hybridized carbons (Fsp3) is 0.412. The molecule has 1 aliphatic rings. The molecule has 0 spiro atoms.